The molecule has 0 aliphatic heterocycles. The first-order valence-corrected chi connectivity index (χ1v) is 10.6. The highest BCUT2D eigenvalue weighted by molar-refractivity contribution is 5.60. The summed E-state index contributed by atoms with van der Waals surface area (Å²) in [4.78, 5) is 0. The van der Waals surface area contributed by atoms with Crippen molar-refractivity contribution in [1.29, 1.82) is 0 Å². The van der Waals surface area contributed by atoms with Crippen LogP contribution in [0.2, 0.25) is 0 Å². The number of halogens is 3. The van der Waals surface area contributed by atoms with Gasteiger partial charge in [-0.15, -0.1) is 0 Å². The molecule has 0 amide bonds. The number of anilines is 2. The Kier molecular flexibility index (Phi) is 9.44. The van der Waals surface area contributed by atoms with E-state index in [2.05, 4.69) is 24.5 Å². The third-order valence-corrected chi connectivity index (χ3v) is 4.47. The van der Waals surface area contributed by atoms with Crippen LogP contribution in [0.5, 0.6) is 5.75 Å². The molecule has 32 heavy (non-hydrogen) atoms. The summed E-state index contributed by atoms with van der Waals surface area (Å²) >= 11 is 0. The van der Waals surface area contributed by atoms with Crippen molar-refractivity contribution in [2.75, 3.05) is 17.7 Å². The van der Waals surface area contributed by atoms with Gasteiger partial charge in [0.2, 0.25) is 0 Å². The maximum absolute atomic E-state index is 13.4. The van der Waals surface area contributed by atoms with Gasteiger partial charge in [-0.05, 0) is 48.4 Å². The Morgan fingerprint density at radius 3 is 1.81 bits per heavy atom. The molecule has 3 rings (SSSR count). The van der Waals surface area contributed by atoms with E-state index in [0.29, 0.717) is 30.2 Å². The second-order valence-electron chi connectivity index (χ2n) is 7.55. The van der Waals surface area contributed by atoms with E-state index in [1.165, 1.54) is 6.42 Å². The summed E-state index contributed by atoms with van der Waals surface area (Å²) < 4.78 is 45.2. The molecule has 0 spiro atoms. The molecule has 0 atom stereocenters. The summed E-state index contributed by atoms with van der Waals surface area (Å²) in [7, 11) is 1.57. The van der Waals surface area contributed by atoms with E-state index in [1.54, 1.807) is 13.2 Å². The predicted octanol–water partition coefficient (Wildman–Crippen LogP) is 7.66. The van der Waals surface area contributed by atoms with Gasteiger partial charge in [0, 0.05) is 24.5 Å². The molecule has 0 saturated heterocycles. The molecule has 0 aliphatic rings. The van der Waals surface area contributed by atoms with Crippen LogP contribution >= 0.6 is 0 Å². The normalized spacial score (nSPS) is 10.7. The van der Waals surface area contributed by atoms with Gasteiger partial charge in [0.15, 0.2) is 0 Å². The van der Waals surface area contributed by atoms with E-state index in [1.807, 2.05) is 55.5 Å². The fourth-order valence-corrected chi connectivity index (χ4v) is 3.01. The zero-order valence-corrected chi connectivity index (χ0v) is 19.0. The first-order chi connectivity index (χ1) is 15.2. The Hall–Kier alpha value is -3.15. The number of hydrogen-bond donors (Lipinski definition) is 2. The molecule has 0 radical (unpaired) electrons. The Morgan fingerprint density at radius 1 is 0.781 bits per heavy atom. The van der Waals surface area contributed by atoms with Gasteiger partial charge in [-0.2, -0.15) is 13.2 Å². The molecule has 0 bridgehead atoms. The van der Waals surface area contributed by atoms with E-state index < -0.39 is 11.7 Å². The molecule has 0 aromatic heterocycles. The summed E-state index contributed by atoms with van der Waals surface area (Å²) in [6.07, 6.45) is -3.17. The van der Waals surface area contributed by atoms with Gasteiger partial charge in [-0.1, -0.05) is 62.2 Å². The van der Waals surface area contributed by atoms with Crippen LogP contribution < -0.4 is 15.4 Å². The second kappa shape index (κ2) is 12.0. The lowest BCUT2D eigenvalue weighted by Gasteiger charge is -2.15. The number of aryl methyl sites for hydroxylation is 1. The van der Waals surface area contributed by atoms with E-state index in [0.717, 1.165) is 28.8 Å². The average Bonchev–Trinajstić information content (AvgIpc) is 2.76. The van der Waals surface area contributed by atoms with E-state index in [4.69, 9.17) is 4.74 Å². The van der Waals surface area contributed by atoms with Crippen LogP contribution in [-0.4, -0.2) is 7.11 Å². The van der Waals surface area contributed by atoms with Gasteiger partial charge < -0.3 is 15.4 Å². The Morgan fingerprint density at radius 2 is 1.31 bits per heavy atom. The number of benzene rings is 3. The Balaban J connectivity index is 0.00000114. The molecule has 0 aliphatic carbocycles. The van der Waals surface area contributed by atoms with Crippen molar-refractivity contribution in [3.05, 3.63) is 89.0 Å². The van der Waals surface area contributed by atoms with Crippen molar-refractivity contribution >= 4 is 11.4 Å². The second-order valence-corrected chi connectivity index (χ2v) is 7.55. The van der Waals surface area contributed by atoms with E-state index >= 15 is 0 Å². The van der Waals surface area contributed by atoms with Gasteiger partial charge in [0.05, 0.1) is 12.7 Å². The van der Waals surface area contributed by atoms with E-state index in [-0.39, 0.29) is 0 Å². The van der Waals surface area contributed by atoms with Gasteiger partial charge >= 0.3 is 6.18 Å². The van der Waals surface area contributed by atoms with Crippen molar-refractivity contribution in [3.8, 4) is 5.75 Å². The molecule has 172 valence electrons. The maximum atomic E-state index is 13.4. The van der Waals surface area contributed by atoms with Crippen LogP contribution in [0.1, 0.15) is 42.5 Å². The third kappa shape index (κ3) is 8.17. The molecule has 0 fully saturated rings. The van der Waals surface area contributed by atoms with Gasteiger partial charge in [-0.3, -0.25) is 0 Å². The minimum Gasteiger partial charge on any atom is -0.497 e. The molecule has 2 N–H and O–H groups in total. The number of rotatable bonds is 7. The van der Waals surface area contributed by atoms with Crippen LogP contribution in [0, 0.1) is 6.92 Å². The third-order valence-electron chi connectivity index (χ3n) is 4.47. The molecular formula is C26H31F3N2O. The molecular weight excluding hydrogens is 413 g/mol. The van der Waals surface area contributed by atoms with Gasteiger partial charge in [-0.25, -0.2) is 0 Å². The quantitative estimate of drug-likeness (QED) is 0.392. The molecule has 3 aromatic rings. The van der Waals surface area contributed by atoms with Crippen molar-refractivity contribution in [3.63, 3.8) is 0 Å². The van der Waals surface area contributed by atoms with Crippen LogP contribution in [0.3, 0.4) is 0 Å². The lowest BCUT2D eigenvalue weighted by molar-refractivity contribution is -0.137. The number of hydrogen-bond acceptors (Lipinski definition) is 3. The standard InChI is InChI=1S/C23H23F3N2O.C3H8/c1-16-5-3-6-17(9-16)14-27-20-11-19(23(24,25)26)12-21(13-20)28-15-18-7-4-8-22(10-18)29-2;1-3-2/h3-13,27-28H,14-15H2,1-2H3;3H2,1-2H3. The number of nitrogens with one attached hydrogen (secondary N) is 2. The summed E-state index contributed by atoms with van der Waals surface area (Å²) in [5.74, 6) is 0.703. The maximum Gasteiger partial charge on any atom is 0.416 e. The topological polar surface area (TPSA) is 33.3 Å². The summed E-state index contributed by atoms with van der Waals surface area (Å²) in [6.45, 7) is 7.06. The van der Waals surface area contributed by atoms with Crippen LogP contribution in [0.15, 0.2) is 66.7 Å². The SMILES string of the molecule is CCC.COc1cccc(CNc2cc(NCc3cccc(C)c3)cc(C(F)(F)F)c2)c1. The van der Waals surface area contributed by atoms with Crippen molar-refractivity contribution < 1.29 is 17.9 Å². The van der Waals surface area contributed by atoms with Gasteiger partial charge in [0.1, 0.15) is 5.75 Å². The number of ether oxygens (including phenoxy) is 1. The lowest BCUT2D eigenvalue weighted by Crippen LogP contribution is -2.09. The smallest absolute Gasteiger partial charge is 0.416 e. The minimum absolute atomic E-state index is 0.385. The molecule has 0 unspecified atom stereocenters. The summed E-state index contributed by atoms with van der Waals surface area (Å²) in [5.41, 5.74) is 3.14. The van der Waals surface area contributed by atoms with Crippen molar-refractivity contribution in [2.24, 2.45) is 0 Å². The molecule has 3 aromatic carbocycles. The zero-order chi connectivity index (χ0) is 23.6. The summed E-state index contributed by atoms with van der Waals surface area (Å²) in [5, 5.41) is 6.17. The lowest BCUT2D eigenvalue weighted by atomic mass is 10.1. The Bertz CT molecular complexity index is 987. The average molecular weight is 445 g/mol. The molecule has 3 nitrogen and oxygen atoms in total. The first kappa shape index (κ1) is 25.1. The van der Waals surface area contributed by atoms with Crippen molar-refractivity contribution in [2.45, 2.75) is 46.5 Å². The predicted molar refractivity (Wildman–Crippen MR) is 126 cm³/mol. The minimum atomic E-state index is -4.42. The molecule has 6 heteroatoms. The zero-order valence-electron chi connectivity index (χ0n) is 19.0. The van der Waals surface area contributed by atoms with Crippen LogP contribution in [0.25, 0.3) is 0 Å². The Labute approximate surface area is 188 Å². The fourth-order valence-electron chi connectivity index (χ4n) is 3.01. The molecule has 0 heterocycles. The number of methoxy groups -OCH3 is 1. The monoisotopic (exact) mass is 444 g/mol. The first-order valence-electron chi connectivity index (χ1n) is 10.6. The van der Waals surface area contributed by atoms with Crippen molar-refractivity contribution in [1.82, 2.24) is 0 Å². The van der Waals surface area contributed by atoms with Crippen LogP contribution in [-0.2, 0) is 19.3 Å². The van der Waals surface area contributed by atoms with E-state index in [9.17, 15) is 13.2 Å². The highest BCUT2D eigenvalue weighted by Crippen LogP contribution is 2.33. The highest BCUT2D eigenvalue weighted by atomic mass is 19.4. The highest BCUT2D eigenvalue weighted by Gasteiger charge is 2.31. The summed E-state index contributed by atoms with van der Waals surface area (Å²) in [6, 6.07) is 19.2. The fraction of sp³-hybridized carbons (Fsp3) is 0.308. The largest absolute Gasteiger partial charge is 0.497 e. The molecule has 0 saturated carbocycles. The van der Waals surface area contributed by atoms with Crippen LogP contribution in [0.4, 0.5) is 24.5 Å². The number of alkyl halides is 3. The van der Waals surface area contributed by atoms with Gasteiger partial charge in [0.25, 0.3) is 0 Å².